The molecule has 41 heteroatoms. The van der Waals surface area contributed by atoms with Gasteiger partial charge >= 0.3 is 32.5 Å². The van der Waals surface area contributed by atoms with Gasteiger partial charge in [0.25, 0.3) is 0 Å². The van der Waals surface area contributed by atoms with Crippen LogP contribution in [0.1, 0.15) is 138 Å². The minimum Gasteiger partial charge on any atom is -0.494 e. The second-order valence-electron chi connectivity index (χ2n) is 28.0. The summed E-state index contributed by atoms with van der Waals surface area (Å²) in [5, 5.41) is 47.1. The van der Waals surface area contributed by atoms with Crippen LogP contribution >= 0.6 is 26.0 Å². The van der Waals surface area contributed by atoms with Crippen molar-refractivity contribution < 1.29 is 170 Å². The molecule has 627 valence electrons. The molecule has 1 radical (unpaired) electrons. The van der Waals surface area contributed by atoms with Crippen molar-refractivity contribution in [2.24, 2.45) is 5.92 Å². The molecule has 8 heterocycles. The number of carbonyl (C=O) groups is 8. The van der Waals surface area contributed by atoms with Gasteiger partial charge in [-0.1, -0.05) is 89.8 Å². The number of phosphoric acid groups is 1. The standard InChI is InChI=1S/C73H90F2N9O26P2S.Tm/c1-41(2)58(77-29-12-10-13-30-82-52(86)26-27-53(82)87)68(93)81-48-33-43(18-25-49(48)107-73-62(92)60(90)61(91)65(108-73)71(94)95)35-101-55(89)15-11-8-6-4-3-5-7-9-14-32-100-46-23-19-44(20-24-46)72(96)104-47-21-16-42(17-22-47)38-113-112(99)103-37-51-63(56(74)70(106-51)84-40-80-59-66(76)78-39-79-67(59)84)109-111(97,98)102-36-50-64(110-112)57(75)69(105-50)83-31-28-45(85)34-54(83)88;/h16-26,28,31,33,39-41,50-51,56-58,60-65,69-70,73,77,90-92H,3-15,27,29-30,32,34-38H2,1-2H3,(H,81,93)(H,94,95)(H,97,98)(H2,76,78,79);/q-1;/t50-,51-,56-,57-,58+,60+,61+,62-,63-,64-,65+,69-,70-,73+,112?;/m1./s1. The number of likely N-dealkylation sites (tertiary alicyclic amines) is 1. The maximum absolute atomic E-state index is 16.7. The van der Waals surface area contributed by atoms with Crippen LogP contribution in [0.2, 0.25) is 0 Å². The first kappa shape index (κ1) is 89.2. The normalized spacial score (nSPS) is 27.4. The molecule has 0 aliphatic carbocycles. The molecule has 9 N–H and O–H groups in total. The number of carbonyl (C=O) groups excluding carboxylic acids is 7. The predicted molar refractivity (Wildman–Crippen MR) is 394 cm³/mol. The quantitative estimate of drug-likeness (QED) is 0.00378. The number of anilines is 2. The SMILES string of the molecule is CC(C)[C@H](NCCCCCN1C(=O)[CH-]CC1=O)C(=O)Nc1cc(COC(=O)CCCCCCCCCCCOc2ccc(C(=O)Oc3ccc(CSP4(=O)OC[C@H]5O[C@@H](n6cnc7c(N)ncnc76)[C@H](F)[C@@H]5OP(=O)(O)OC[C@H]5O[C@@H](N6C=CC(=O)CC6=O)[C@H](F)[C@@H]5O4)cc3)cc2)ccc1O[C@H]1O[C@H](C(=O)O)[C@@H](O)[C@H](O)[C@H]1O.[Tm]. The second-order valence-corrected chi connectivity index (χ2v) is 33.4. The summed E-state index contributed by atoms with van der Waals surface area (Å²) >= 11 is 0.573. The van der Waals surface area contributed by atoms with Gasteiger partial charge in [-0.05, 0) is 115 Å². The molecular weight excluding hydrogens is 1720 g/mol. The fraction of sp³-hybridized carbons (Fsp3) is 0.534. The average Bonchev–Trinajstić information content (AvgIpc) is 1.45. The number of carboxylic acid groups (broad SMARTS) is 1. The number of amides is 4. The van der Waals surface area contributed by atoms with E-state index in [4.69, 9.17) is 57.0 Å². The Morgan fingerprint density at radius 1 is 0.763 bits per heavy atom. The van der Waals surface area contributed by atoms with Gasteiger partial charge in [0.2, 0.25) is 18.1 Å². The largest absolute Gasteiger partial charge is 0.494 e. The molecule has 5 saturated heterocycles. The summed E-state index contributed by atoms with van der Waals surface area (Å²) in [7, 11) is -5.28. The van der Waals surface area contributed by atoms with Crippen molar-refractivity contribution in [1.82, 2.24) is 34.6 Å². The monoisotopic (exact) mass is 1810 g/mol. The zero-order valence-electron chi connectivity index (χ0n) is 61.9. The fourth-order valence-electron chi connectivity index (χ4n) is 13.2. The minimum absolute atomic E-state index is 0. The molecule has 0 spiro atoms. The number of allylic oxidation sites excluding steroid dienone is 1. The number of nitrogens with zero attached hydrogens (tertiary/aromatic N) is 6. The number of halogens is 2. The number of carboxylic acids is 1. The van der Waals surface area contributed by atoms with Gasteiger partial charge in [0.1, 0.15) is 78.4 Å². The number of hydrogen-bond donors (Lipinski definition) is 8. The van der Waals surface area contributed by atoms with Gasteiger partial charge in [-0.25, -0.2) is 42.5 Å². The zero-order chi connectivity index (χ0) is 80.7. The smallest absolute Gasteiger partial charge is 0.472 e. The van der Waals surface area contributed by atoms with Gasteiger partial charge in [-0.2, -0.15) is 0 Å². The number of aliphatic hydroxyl groups excluding tert-OH is 3. The average molecular weight is 1810 g/mol. The van der Waals surface area contributed by atoms with Crippen LogP contribution in [-0.4, -0.2) is 215 Å². The second kappa shape index (κ2) is 41.3. The number of nitrogens with one attached hydrogen (secondary N) is 2. The Balaban J connectivity index is 0.0000138. The molecule has 2 unspecified atom stereocenters. The number of aliphatic carboxylic acids is 1. The summed E-state index contributed by atoms with van der Waals surface area (Å²) in [6.45, 7) is -1.86. The molecule has 5 aromatic rings. The van der Waals surface area contributed by atoms with E-state index in [-0.39, 0.29) is 120 Å². The van der Waals surface area contributed by atoms with Gasteiger partial charge < -0.3 is 84.5 Å². The van der Waals surface area contributed by atoms with Crippen molar-refractivity contribution in [2.75, 3.05) is 44.0 Å². The van der Waals surface area contributed by atoms with Gasteiger partial charge in [0.15, 0.2) is 54.1 Å². The van der Waals surface area contributed by atoms with Crippen molar-refractivity contribution in [3.8, 4) is 17.2 Å². The van der Waals surface area contributed by atoms with Crippen LogP contribution in [0.15, 0.2) is 91.7 Å². The van der Waals surface area contributed by atoms with E-state index >= 15 is 13.3 Å². The number of rotatable bonds is 35. The van der Waals surface area contributed by atoms with Gasteiger partial charge in [0.05, 0.1) is 55.8 Å². The first-order chi connectivity index (χ1) is 54.1. The van der Waals surface area contributed by atoms with E-state index in [2.05, 4.69) is 25.6 Å². The summed E-state index contributed by atoms with van der Waals surface area (Å²) < 4.78 is 126. The van der Waals surface area contributed by atoms with E-state index in [0.717, 1.165) is 85.8 Å². The van der Waals surface area contributed by atoms with E-state index < -0.39 is 156 Å². The number of aliphatic hydroxyl groups is 3. The van der Waals surface area contributed by atoms with Crippen molar-refractivity contribution in [1.29, 1.82) is 0 Å². The van der Waals surface area contributed by atoms with Crippen LogP contribution in [0.5, 0.6) is 17.2 Å². The number of hydrogen-bond acceptors (Lipinski definition) is 30. The summed E-state index contributed by atoms with van der Waals surface area (Å²) in [5.41, 5.74) is 7.27. The molecule has 16 atom stereocenters. The number of nitrogens with two attached hydrogens (primary N) is 1. The summed E-state index contributed by atoms with van der Waals surface area (Å²) in [4.78, 5) is 126. The predicted octanol–water partition coefficient (Wildman–Crippen LogP) is 7.18. The van der Waals surface area contributed by atoms with Gasteiger partial charge in [0, 0.05) is 61.8 Å². The van der Waals surface area contributed by atoms with E-state index in [1.807, 2.05) is 13.8 Å². The zero-order valence-corrected chi connectivity index (χ0v) is 66.2. The Kier molecular flexibility index (Phi) is 32.3. The van der Waals surface area contributed by atoms with E-state index in [9.17, 15) is 68.2 Å². The molecule has 6 aliphatic heterocycles. The van der Waals surface area contributed by atoms with Crippen molar-refractivity contribution >= 4 is 96.0 Å². The van der Waals surface area contributed by atoms with E-state index in [0.29, 0.717) is 73.6 Å². The summed E-state index contributed by atoms with van der Waals surface area (Å²) in [6.07, 6.45) is -9.52. The fourth-order valence-corrected chi connectivity index (χ4v) is 17.5. The number of ketones is 1. The maximum Gasteiger partial charge on any atom is 0.472 e. The number of phosphoric ester groups is 1. The Morgan fingerprint density at radius 3 is 2.11 bits per heavy atom. The first-order valence-electron chi connectivity index (χ1n) is 37.0. The number of alkyl halides is 2. The Bertz CT molecular complexity index is 4320. The molecule has 2 aromatic heterocycles. The topological polar surface area (TPSA) is 474 Å². The summed E-state index contributed by atoms with van der Waals surface area (Å²) in [5.74, 6) is -4.96. The molecule has 5 fully saturated rings. The Hall–Kier alpha value is -7.20. The summed E-state index contributed by atoms with van der Waals surface area (Å²) in [6, 6.07) is 16.2. The van der Waals surface area contributed by atoms with Crippen LogP contribution in [0.4, 0.5) is 20.3 Å². The van der Waals surface area contributed by atoms with Crippen molar-refractivity contribution in [3.63, 3.8) is 0 Å². The molecule has 0 saturated carbocycles. The Labute approximate surface area is 686 Å². The molecule has 0 bridgehead atoms. The maximum atomic E-state index is 16.7. The number of nitrogen functional groups attached to an aromatic ring is 1. The molecular formula is C73H90F2N9O26P2STm-. The number of benzene rings is 3. The third kappa shape index (κ3) is 23.4. The number of imide groups is 1. The molecule has 4 amide bonds. The number of imidazole rings is 1. The molecule has 114 heavy (non-hydrogen) atoms. The molecule has 35 nitrogen and oxygen atoms in total. The minimum atomic E-state index is -5.28. The van der Waals surface area contributed by atoms with E-state index in [1.165, 1.54) is 41.7 Å². The van der Waals surface area contributed by atoms with Crippen LogP contribution in [0.3, 0.4) is 0 Å². The third-order valence-electron chi connectivity index (χ3n) is 19.4. The van der Waals surface area contributed by atoms with Crippen molar-refractivity contribution in [3.05, 3.63) is 115 Å². The van der Waals surface area contributed by atoms with Crippen LogP contribution in [0.25, 0.3) is 11.2 Å². The van der Waals surface area contributed by atoms with E-state index in [1.54, 1.807) is 36.4 Å². The van der Waals surface area contributed by atoms with Gasteiger partial charge in [-0.15, -0.1) is 0 Å². The molecule has 3 aromatic carbocycles. The number of unbranched alkanes of at least 4 members (excludes halogenated alkanes) is 10. The van der Waals surface area contributed by atoms with Crippen LogP contribution < -0.4 is 30.6 Å². The van der Waals surface area contributed by atoms with Crippen molar-refractivity contribution in [2.45, 2.75) is 208 Å². The number of aromatic nitrogens is 4. The third-order valence-corrected chi connectivity index (χ3v) is 24.0. The molecule has 11 rings (SSSR count). The number of esters is 2. The van der Waals surface area contributed by atoms with Crippen LogP contribution in [-0.2, 0) is 92.1 Å². The molecule has 6 aliphatic rings. The first-order valence-corrected chi connectivity index (χ1v) is 41.7. The number of fused-ring (bicyclic) bond motifs is 3. The Morgan fingerprint density at radius 2 is 1.42 bits per heavy atom. The van der Waals surface area contributed by atoms with Crippen LogP contribution in [0, 0.1) is 49.2 Å². The van der Waals surface area contributed by atoms with Gasteiger partial charge in [-0.3, -0.25) is 58.0 Å². The number of ether oxygens (including phenoxy) is 7.